The van der Waals surface area contributed by atoms with Crippen LogP contribution in [0.15, 0.2) is 41.8 Å². The van der Waals surface area contributed by atoms with E-state index in [1.165, 1.54) is 0 Å². The highest BCUT2D eigenvalue weighted by Gasteiger charge is 2.30. The molecule has 2 aromatic heterocycles. The van der Waals surface area contributed by atoms with E-state index in [1.807, 2.05) is 24.7 Å². The van der Waals surface area contributed by atoms with Crippen LogP contribution in [0.3, 0.4) is 0 Å². The van der Waals surface area contributed by atoms with Crippen molar-refractivity contribution < 1.29 is 9.63 Å². The molecular weight excluding hydrogens is 427 g/mol. The van der Waals surface area contributed by atoms with Crippen LogP contribution >= 0.6 is 23.2 Å². The van der Waals surface area contributed by atoms with Gasteiger partial charge in [0, 0.05) is 52.6 Å². The minimum atomic E-state index is -0.715. The first-order chi connectivity index (χ1) is 14.4. The lowest BCUT2D eigenvalue weighted by Gasteiger charge is -2.08. The molecule has 4 rings (SSSR count). The third-order valence-corrected chi connectivity index (χ3v) is 5.52. The Morgan fingerprint density at radius 1 is 1.23 bits per heavy atom. The molecule has 156 valence electrons. The standard InChI is InChI=1S/C20H20Cl2N6O2/c1-3-27-10-13(12(2)24-27)17-9-18(30-26-17)20(29)23-19-7-8-28(25-19)11-14-15(21)5-4-6-16(14)22/h4-8,10,18H,3,9,11H2,1-2H3,(H,23,25,29). The summed E-state index contributed by atoms with van der Waals surface area (Å²) in [5, 5.41) is 16.8. The smallest absolute Gasteiger partial charge is 0.269 e. The molecule has 10 heteroatoms. The third-order valence-electron chi connectivity index (χ3n) is 4.82. The van der Waals surface area contributed by atoms with Crippen molar-refractivity contribution in [3.05, 3.63) is 63.5 Å². The maximum absolute atomic E-state index is 12.6. The fraction of sp³-hybridized carbons (Fsp3) is 0.300. The predicted octanol–water partition coefficient (Wildman–Crippen LogP) is 3.89. The van der Waals surface area contributed by atoms with Gasteiger partial charge >= 0.3 is 0 Å². The second-order valence-corrected chi connectivity index (χ2v) is 7.72. The number of hydrogen-bond donors (Lipinski definition) is 1. The van der Waals surface area contributed by atoms with Crippen LogP contribution in [-0.2, 0) is 22.7 Å². The molecule has 0 spiro atoms. The van der Waals surface area contributed by atoms with Crippen molar-refractivity contribution in [1.29, 1.82) is 0 Å². The highest BCUT2D eigenvalue weighted by atomic mass is 35.5. The van der Waals surface area contributed by atoms with Gasteiger partial charge in [0.1, 0.15) is 0 Å². The quantitative estimate of drug-likeness (QED) is 0.621. The number of halogens is 2. The number of oxime groups is 1. The fourth-order valence-corrected chi connectivity index (χ4v) is 3.73. The van der Waals surface area contributed by atoms with Crippen LogP contribution in [-0.4, -0.2) is 37.3 Å². The average Bonchev–Trinajstić information content (AvgIpc) is 3.44. The van der Waals surface area contributed by atoms with Crippen molar-refractivity contribution in [2.75, 3.05) is 5.32 Å². The maximum atomic E-state index is 12.6. The van der Waals surface area contributed by atoms with E-state index >= 15 is 0 Å². The number of nitrogens with one attached hydrogen (secondary N) is 1. The summed E-state index contributed by atoms with van der Waals surface area (Å²) in [6.07, 6.45) is 3.32. The molecule has 3 aromatic rings. The van der Waals surface area contributed by atoms with E-state index in [4.69, 9.17) is 28.0 Å². The van der Waals surface area contributed by atoms with Crippen LogP contribution in [0.25, 0.3) is 0 Å². The molecule has 1 unspecified atom stereocenters. The van der Waals surface area contributed by atoms with Gasteiger partial charge in [0.05, 0.1) is 18.0 Å². The summed E-state index contributed by atoms with van der Waals surface area (Å²) >= 11 is 12.4. The Morgan fingerprint density at radius 3 is 2.70 bits per heavy atom. The molecule has 1 aliphatic rings. The minimum absolute atomic E-state index is 0.310. The first kappa shape index (κ1) is 20.4. The monoisotopic (exact) mass is 446 g/mol. The van der Waals surface area contributed by atoms with Gasteiger partial charge in [-0.15, -0.1) is 0 Å². The molecule has 0 saturated heterocycles. The number of amides is 1. The van der Waals surface area contributed by atoms with Crippen molar-refractivity contribution >= 4 is 40.6 Å². The molecule has 0 radical (unpaired) electrons. The molecule has 8 nitrogen and oxygen atoms in total. The van der Waals surface area contributed by atoms with E-state index in [-0.39, 0.29) is 5.91 Å². The van der Waals surface area contributed by atoms with Crippen molar-refractivity contribution in [2.45, 2.75) is 39.5 Å². The maximum Gasteiger partial charge on any atom is 0.269 e. The second-order valence-electron chi connectivity index (χ2n) is 6.91. The topological polar surface area (TPSA) is 86.3 Å². The number of aryl methyl sites for hydroxylation is 2. The molecule has 0 bridgehead atoms. The third kappa shape index (κ3) is 4.20. The molecule has 1 aliphatic heterocycles. The summed E-state index contributed by atoms with van der Waals surface area (Å²) in [6, 6.07) is 7.04. The van der Waals surface area contributed by atoms with Gasteiger partial charge in [-0.1, -0.05) is 34.4 Å². The Morgan fingerprint density at radius 2 is 2.00 bits per heavy atom. The number of nitrogens with zero attached hydrogens (tertiary/aromatic N) is 5. The summed E-state index contributed by atoms with van der Waals surface area (Å²) in [5.41, 5.74) is 3.23. The van der Waals surface area contributed by atoms with Crippen LogP contribution < -0.4 is 5.32 Å². The minimum Gasteiger partial charge on any atom is -0.382 e. The second kappa shape index (κ2) is 8.49. The van der Waals surface area contributed by atoms with Crippen molar-refractivity contribution in [1.82, 2.24) is 19.6 Å². The lowest BCUT2D eigenvalue weighted by atomic mass is 10.1. The lowest BCUT2D eigenvalue weighted by Crippen LogP contribution is -2.28. The molecule has 1 aromatic carbocycles. The Labute approximate surface area is 183 Å². The molecule has 0 aliphatic carbocycles. The molecular formula is C20H20Cl2N6O2. The van der Waals surface area contributed by atoms with Gasteiger partial charge in [0.25, 0.3) is 5.91 Å². The predicted molar refractivity (Wildman–Crippen MR) is 115 cm³/mol. The molecule has 30 heavy (non-hydrogen) atoms. The SMILES string of the molecule is CCn1cc(C2=NOC(C(=O)Nc3ccn(Cc4c(Cl)cccc4Cl)n3)C2)c(C)n1. The van der Waals surface area contributed by atoms with Gasteiger partial charge < -0.3 is 10.2 Å². The Kier molecular flexibility index (Phi) is 5.78. The molecule has 1 amide bonds. The van der Waals surface area contributed by atoms with E-state index in [0.29, 0.717) is 34.5 Å². The van der Waals surface area contributed by atoms with Gasteiger partial charge in [-0.05, 0) is 26.0 Å². The lowest BCUT2D eigenvalue weighted by molar-refractivity contribution is -0.125. The molecule has 1 atom stereocenters. The first-order valence-electron chi connectivity index (χ1n) is 9.49. The van der Waals surface area contributed by atoms with Gasteiger partial charge in [-0.25, -0.2) is 0 Å². The Hall–Kier alpha value is -2.84. The van der Waals surface area contributed by atoms with Crippen molar-refractivity contribution in [3.8, 4) is 0 Å². The largest absolute Gasteiger partial charge is 0.382 e. The van der Waals surface area contributed by atoms with E-state index < -0.39 is 6.10 Å². The zero-order chi connectivity index (χ0) is 21.3. The van der Waals surface area contributed by atoms with Crippen LogP contribution in [0.1, 0.15) is 30.2 Å². The molecule has 0 fully saturated rings. The van der Waals surface area contributed by atoms with E-state index in [1.54, 1.807) is 35.1 Å². The fourth-order valence-electron chi connectivity index (χ4n) is 3.21. The van der Waals surface area contributed by atoms with Crippen LogP contribution in [0.4, 0.5) is 5.82 Å². The van der Waals surface area contributed by atoms with Crippen LogP contribution in [0, 0.1) is 6.92 Å². The number of anilines is 1. The Balaban J connectivity index is 1.38. The number of carbonyl (C=O) groups is 1. The van der Waals surface area contributed by atoms with E-state index in [0.717, 1.165) is 23.4 Å². The summed E-state index contributed by atoms with van der Waals surface area (Å²) in [7, 11) is 0. The highest BCUT2D eigenvalue weighted by Crippen LogP contribution is 2.25. The molecule has 1 N–H and O–H groups in total. The van der Waals surface area contributed by atoms with Gasteiger partial charge in [-0.2, -0.15) is 10.2 Å². The summed E-state index contributed by atoms with van der Waals surface area (Å²) in [6.45, 7) is 5.08. The zero-order valence-electron chi connectivity index (χ0n) is 16.5. The van der Waals surface area contributed by atoms with Crippen molar-refractivity contribution in [2.24, 2.45) is 5.16 Å². The average molecular weight is 447 g/mol. The summed E-state index contributed by atoms with van der Waals surface area (Å²) in [4.78, 5) is 17.9. The first-order valence-corrected chi connectivity index (χ1v) is 10.2. The number of rotatable bonds is 6. The molecule has 3 heterocycles. The number of hydrogen-bond acceptors (Lipinski definition) is 5. The van der Waals surface area contributed by atoms with Crippen LogP contribution in [0.2, 0.25) is 10.0 Å². The van der Waals surface area contributed by atoms with Gasteiger partial charge in [-0.3, -0.25) is 14.2 Å². The van der Waals surface area contributed by atoms with Gasteiger partial charge in [0.15, 0.2) is 5.82 Å². The number of benzene rings is 1. The van der Waals surface area contributed by atoms with E-state index in [9.17, 15) is 4.79 Å². The van der Waals surface area contributed by atoms with Crippen molar-refractivity contribution in [3.63, 3.8) is 0 Å². The van der Waals surface area contributed by atoms with Crippen LogP contribution in [0.5, 0.6) is 0 Å². The normalized spacial score (nSPS) is 15.7. The number of aromatic nitrogens is 4. The molecule has 0 saturated carbocycles. The Bertz CT molecular complexity index is 1100. The highest BCUT2D eigenvalue weighted by molar-refractivity contribution is 6.35. The summed E-state index contributed by atoms with van der Waals surface area (Å²) < 4.78 is 3.49. The van der Waals surface area contributed by atoms with E-state index in [2.05, 4.69) is 20.7 Å². The van der Waals surface area contributed by atoms with Gasteiger partial charge in [0.2, 0.25) is 6.10 Å². The number of carbonyl (C=O) groups excluding carboxylic acids is 1. The summed E-state index contributed by atoms with van der Waals surface area (Å²) in [5.74, 6) is 0.102. The zero-order valence-corrected chi connectivity index (χ0v) is 18.0.